The molecule has 0 aliphatic heterocycles. The highest BCUT2D eigenvalue weighted by Gasteiger charge is 2.29. The quantitative estimate of drug-likeness (QED) is 0.857. The Balaban J connectivity index is 2.05. The van der Waals surface area contributed by atoms with E-state index in [1.54, 1.807) is 24.3 Å². The fraction of sp³-hybridized carbons (Fsp3) is 0.214. The van der Waals surface area contributed by atoms with Crippen LogP contribution in [-0.4, -0.2) is 20.7 Å². The molecule has 104 valence electrons. The van der Waals surface area contributed by atoms with Gasteiger partial charge in [-0.1, -0.05) is 12.1 Å². The summed E-state index contributed by atoms with van der Waals surface area (Å²) in [5, 5.41) is 0. The Morgan fingerprint density at radius 1 is 1.15 bits per heavy atom. The van der Waals surface area contributed by atoms with E-state index in [9.17, 15) is 13.2 Å². The Kier molecular flexibility index (Phi) is 3.19. The van der Waals surface area contributed by atoms with E-state index in [-0.39, 0.29) is 16.7 Å². The van der Waals surface area contributed by atoms with Crippen molar-refractivity contribution in [2.75, 3.05) is 0 Å². The van der Waals surface area contributed by atoms with Gasteiger partial charge in [0.15, 0.2) is 12.0 Å². The largest absolute Gasteiger partial charge is 0.453 e. The van der Waals surface area contributed by atoms with Gasteiger partial charge in [0.1, 0.15) is 5.76 Å². The molecule has 0 saturated heterocycles. The smallest absolute Gasteiger partial charge is 0.241 e. The summed E-state index contributed by atoms with van der Waals surface area (Å²) in [4.78, 5) is 10.8. The zero-order valence-electron chi connectivity index (χ0n) is 10.6. The molecule has 1 N–H and O–H groups in total. The molecular formula is C14H13NO4S. The van der Waals surface area contributed by atoms with Crippen molar-refractivity contribution >= 4 is 16.3 Å². The van der Waals surface area contributed by atoms with Crippen LogP contribution in [0, 0.1) is 0 Å². The summed E-state index contributed by atoms with van der Waals surface area (Å²) < 4.78 is 32.6. The molecule has 0 spiro atoms. The van der Waals surface area contributed by atoms with Crippen LogP contribution >= 0.6 is 0 Å². The van der Waals surface area contributed by atoms with Gasteiger partial charge in [0.25, 0.3) is 0 Å². The van der Waals surface area contributed by atoms with Crippen molar-refractivity contribution < 1.29 is 17.6 Å². The minimum atomic E-state index is -3.57. The molecule has 20 heavy (non-hydrogen) atoms. The van der Waals surface area contributed by atoms with Crippen molar-refractivity contribution in [3.63, 3.8) is 0 Å². The third-order valence-electron chi connectivity index (χ3n) is 3.08. The molecule has 0 bridgehead atoms. The first kappa shape index (κ1) is 13.1. The molecular weight excluding hydrogens is 278 g/mol. The van der Waals surface area contributed by atoms with Crippen LogP contribution in [0.25, 0.3) is 11.3 Å². The monoisotopic (exact) mass is 291 g/mol. The van der Waals surface area contributed by atoms with Crippen LogP contribution < -0.4 is 4.72 Å². The zero-order chi connectivity index (χ0) is 14.2. The standard InChI is InChI=1S/C14H13NO4S/c16-9-11-7-8-13(19-11)12-3-1-2-4-14(12)20(17,18)15-10-5-6-10/h1-4,7-10,15H,5-6H2. The summed E-state index contributed by atoms with van der Waals surface area (Å²) >= 11 is 0. The summed E-state index contributed by atoms with van der Waals surface area (Å²) in [5.41, 5.74) is 0.453. The van der Waals surface area contributed by atoms with E-state index < -0.39 is 10.0 Å². The number of sulfonamides is 1. The van der Waals surface area contributed by atoms with E-state index in [0.717, 1.165) is 12.8 Å². The van der Waals surface area contributed by atoms with E-state index in [0.29, 0.717) is 17.6 Å². The van der Waals surface area contributed by atoms with E-state index in [2.05, 4.69) is 4.72 Å². The molecule has 1 fully saturated rings. The number of aldehydes is 1. The Morgan fingerprint density at radius 2 is 1.90 bits per heavy atom. The third kappa shape index (κ3) is 2.52. The molecule has 1 aliphatic rings. The van der Waals surface area contributed by atoms with Crippen LogP contribution in [-0.2, 0) is 10.0 Å². The lowest BCUT2D eigenvalue weighted by molar-refractivity contribution is 0.110. The lowest BCUT2D eigenvalue weighted by Gasteiger charge is -2.09. The molecule has 1 aliphatic carbocycles. The van der Waals surface area contributed by atoms with Gasteiger partial charge in [-0.3, -0.25) is 4.79 Å². The maximum absolute atomic E-state index is 12.3. The fourth-order valence-corrected chi connectivity index (χ4v) is 3.47. The maximum Gasteiger partial charge on any atom is 0.241 e. The van der Waals surface area contributed by atoms with Gasteiger partial charge in [0, 0.05) is 11.6 Å². The number of carbonyl (C=O) groups is 1. The van der Waals surface area contributed by atoms with E-state index >= 15 is 0 Å². The number of nitrogens with one attached hydrogen (secondary N) is 1. The van der Waals surface area contributed by atoms with Gasteiger partial charge < -0.3 is 4.42 Å². The average molecular weight is 291 g/mol. The Bertz CT molecular complexity index is 744. The first-order valence-corrected chi connectivity index (χ1v) is 7.75. The molecule has 1 aromatic carbocycles. The van der Waals surface area contributed by atoms with Crippen LogP contribution in [0.15, 0.2) is 45.7 Å². The predicted molar refractivity (Wildman–Crippen MR) is 72.9 cm³/mol. The van der Waals surface area contributed by atoms with Crippen molar-refractivity contribution in [1.29, 1.82) is 0 Å². The predicted octanol–water partition coefficient (Wildman–Crippen LogP) is 2.20. The second-order valence-electron chi connectivity index (χ2n) is 4.71. The van der Waals surface area contributed by atoms with Crippen molar-refractivity contribution in [2.45, 2.75) is 23.8 Å². The van der Waals surface area contributed by atoms with E-state index in [4.69, 9.17) is 4.42 Å². The summed E-state index contributed by atoms with van der Waals surface area (Å²) in [6.07, 6.45) is 2.33. The van der Waals surface area contributed by atoms with Crippen molar-refractivity contribution in [3.05, 3.63) is 42.2 Å². The second-order valence-corrected chi connectivity index (χ2v) is 6.39. The van der Waals surface area contributed by atoms with Crippen molar-refractivity contribution in [1.82, 2.24) is 4.72 Å². The van der Waals surface area contributed by atoms with E-state index in [1.807, 2.05) is 0 Å². The van der Waals surface area contributed by atoms with Gasteiger partial charge in [-0.05, 0) is 37.1 Å². The molecule has 0 unspecified atom stereocenters. The van der Waals surface area contributed by atoms with Crippen LogP contribution in [0.3, 0.4) is 0 Å². The molecule has 3 rings (SSSR count). The van der Waals surface area contributed by atoms with Gasteiger partial charge >= 0.3 is 0 Å². The summed E-state index contributed by atoms with van der Waals surface area (Å²) in [7, 11) is -3.57. The Morgan fingerprint density at radius 3 is 2.55 bits per heavy atom. The topological polar surface area (TPSA) is 76.4 Å². The minimum absolute atomic E-state index is 0.0372. The summed E-state index contributed by atoms with van der Waals surface area (Å²) in [6, 6.07) is 9.73. The molecule has 1 aromatic heterocycles. The highest BCUT2D eigenvalue weighted by molar-refractivity contribution is 7.89. The molecule has 0 amide bonds. The van der Waals surface area contributed by atoms with Crippen molar-refractivity contribution in [3.8, 4) is 11.3 Å². The number of hydrogen-bond acceptors (Lipinski definition) is 4. The van der Waals surface area contributed by atoms with Gasteiger partial charge in [0.2, 0.25) is 10.0 Å². The first-order chi connectivity index (χ1) is 9.60. The molecule has 6 heteroatoms. The SMILES string of the molecule is O=Cc1ccc(-c2ccccc2S(=O)(=O)NC2CC2)o1. The molecule has 1 heterocycles. The van der Waals surface area contributed by atoms with Gasteiger partial charge in [-0.25, -0.2) is 13.1 Å². The van der Waals surface area contributed by atoms with Crippen molar-refractivity contribution in [2.24, 2.45) is 0 Å². The Labute approximate surface area is 116 Å². The highest BCUT2D eigenvalue weighted by atomic mass is 32.2. The number of rotatable bonds is 5. The number of hydrogen-bond donors (Lipinski definition) is 1. The van der Waals surface area contributed by atoms with Crippen LogP contribution in [0.5, 0.6) is 0 Å². The molecule has 5 nitrogen and oxygen atoms in total. The van der Waals surface area contributed by atoms with Gasteiger partial charge in [0.05, 0.1) is 4.90 Å². The lowest BCUT2D eigenvalue weighted by atomic mass is 10.2. The van der Waals surface area contributed by atoms with Gasteiger partial charge in [-0.15, -0.1) is 0 Å². The van der Waals surface area contributed by atoms with E-state index in [1.165, 1.54) is 12.1 Å². The summed E-state index contributed by atoms with van der Waals surface area (Å²) in [6.45, 7) is 0. The lowest BCUT2D eigenvalue weighted by Crippen LogP contribution is -2.26. The first-order valence-electron chi connectivity index (χ1n) is 6.27. The van der Waals surface area contributed by atoms with Gasteiger partial charge in [-0.2, -0.15) is 0 Å². The second kappa shape index (κ2) is 4.88. The molecule has 1 saturated carbocycles. The Hall–Kier alpha value is -1.92. The fourth-order valence-electron chi connectivity index (χ4n) is 1.95. The molecule has 2 aromatic rings. The average Bonchev–Trinajstić information content (AvgIpc) is 3.11. The molecule has 0 atom stereocenters. The number of carbonyl (C=O) groups excluding carboxylic acids is 1. The maximum atomic E-state index is 12.3. The number of benzene rings is 1. The summed E-state index contributed by atoms with van der Waals surface area (Å²) in [5.74, 6) is 0.534. The third-order valence-corrected chi connectivity index (χ3v) is 4.66. The van der Waals surface area contributed by atoms with Crippen LogP contribution in [0.4, 0.5) is 0 Å². The van der Waals surface area contributed by atoms with Crippen LogP contribution in [0.2, 0.25) is 0 Å². The molecule has 0 radical (unpaired) electrons. The number of furan rings is 1. The van der Waals surface area contributed by atoms with Crippen LogP contribution in [0.1, 0.15) is 23.4 Å². The normalized spacial score (nSPS) is 15.2. The zero-order valence-corrected chi connectivity index (χ0v) is 11.4. The highest BCUT2D eigenvalue weighted by Crippen LogP contribution is 2.30. The minimum Gasteiger partial charge on any atom is -0.453 e.